The van der Waals surface area contributed by atoms with Crippen molar-refractivity contribution in [1.82, 2.24) is 4.98 Å². The number of hydrogen-bond donors (Lipinski definition) is 1. The van der Waals surface area contributed by atoms with Crippen molar-refractivity contribution in [2.45, 2.75) is 19.8 Å². The SMILES string of the molecule is CC(C)c1cccc(-c2cc[nH]c2)c1F. The van der Waals surface area contributed by atoms with Crippen LogP contribution in [0.4, 0.5) is 4.39 Å². The Labute approximate surface area is 89.0 Å². The molecule has 2 aromatic rings. The van der Waals surface area contributed by atoms with Crippen LogP contribution < -0.4 is 0 Å². The van der Waals surface area contributed by atoms with Crippen molar-refractivity contribution in [3.05, 3.63) is 48.0 Å². The second kappa shape index (κ2) is 3.89. The van der Waals surface area contributed by atoms with Gasteiger partial charge in [0.15, 0.2) is 0 Å². The van der Waals surface area contributed by atoms with E-state index in [0.717, 1.165) is 11.1 Å². The molecule has 0 aliphatic rings. The van der Waals surface area contributed by atoms with Crippen LogP contribution in [-0.2, 0) is 0 Å². The maximum Gasteiger partial charge on any atom is 0.134 e. The van der Waals surface area contributed by atoms with Gasteiger partial charge in [0.25, 0.3) is 0 Å². The lowest BCUT2D eigenvalue weighted by atomic mass is 9.97. The van der Waals surface area contributed by atoms with Crippen LogP contribution in [0.25, 0.3) is 11.1 Å². The average Bonchev–Trinajstić information content (AvgIpc) is 2.70. The zero-order chi connectivity index (χ0) is 10.8. The van der Waals surface area contributed by atoms with Crippen LogP contribution in [0.5, 0.6) is 0 Å². The molecule has 0 unspecified atom stereocenters. The summed E-state index contributed by atoms with van der Waals surface area (Å²) in [4.78, 5) is 2.94. The van der Waals surface area contributed by atoms with Gasteiger partial charge in [-0.1, -0.05) is 32.0 Å². The Bertz CT molecular complexity index is 444. The molecule has 0 atom stereocenters. The van der Waals surface area contributed by atoms with Crippen molar-refractivity contribution in [2.75, 3.05) is 0 Å². The molecular formula is C13H14FN. The molecule has 0 fully saturated rings. The largest absolute Gasteiger partial charge is 0.367 e. The number of aromatic amines is 1. The molecule has 0 saturated heterocycles. The predicted octanol–water partition coefficient (Wildman–Crippen LogP) is 3.94. The highest BCUT2D eigenvalue weighted by molar-refractivity contribution is 5.64. The maximum absolute atomic E-state index is 14.1. The van der Waals surface area contributed by atoms with E-state index in [1.165, 1.54) is 0 Å². The van der Waals surface area contributed by atoms with Crippen molar-refractivity contribution >= 4 is 0 Å². The van der Waals surface area contributed by atoms with Gasteiger partial charge >= 0.3 is 0 Å². The highest BCUT2D eigenvalue weighted by Crippen LogP contribution is 2.28. The summed E-state index contributed by atoms with van der Waals surface area (Å²) in [7, 11) is 0. The van der Waals surface area contributed by atoms with Crippen LogP contribution in [0.2, 0.25) is 0 Å². The van der Waals surface area contributed by atoms with E-state index in [-0.39, 0.29) is 11.7 Å². The summed E-state index contributed by atoms with van der Waals surface area (Å²) in [6, 6.07) is 7.43. The van der Waals surface area contributed by atoms with Gasteiger partial charge in [0, 0.05) is 23.5 Å². The lowest BCUT2D eigenvalue weighted by Crippen LogP contribution is -1.94. The molecule has 1 N–H and O–H groups in total. The predicted molar refractivity (Wildman–Crippen MR) is 60.3 cm³/mol. The van der Waals surface area contributed by atoms with E-state index in [2.05, 4.69) is 4.98 Å². The van der Waals surface area contributed by atoms with Gasteiger partial charge in [-0.3, -0.25) is 0 Å². The molecule has 0 spiro atoms. The summed E-state index contributed by atoms with van der Waals surface area (Å²) in [5.41, 5.74) is 2.34. The van der Waals surface area contributed by atoms with Crippen LogP contribution in [0, 0.1) is 5.82 Å². The van der Waals surface area contributed by atoms with Crippen LogP contribution in [-0.4, -0.2) is 4.98 Å². The molecule has 15 heavy (non-hydrogen) atoms. The summed E-state index contributed by atoms with van der Waals surface area (Å²) in [6.45, 7) is 4.00. The second-order valence-electron chi connectivity index (χ2n) is 3.96. The number of aromatic nitrogens is 1. The van der Waals surface area contributed by atoms with Crippen molar-refractivity contribution in [1.29, 1.82) is 0 Å². The number of H-pyrrole nitrogens is 1. The zero-order valence-electron chi connectivity index (χ0n) is 8.92. The first-order valence-electron chi connectivity index (χ1n) is 5.11. The Morgan fingerprint density at radius 1 is 1.20 bits per heavy atom. The zero-order valence-corrected chi connectivity index (χ0v) is 8.92. The van der Waals surface area contributed by atoms with E-state index in [0.29, 0.717) is 5.56 Å². The van der Waals surface area contributed by atoms with E-state index >= 15 is 0 Å². The minimum absolute atomic E-state index is 0.105. The summed E-state index contributed by atoms with van der Waals surface area (Å²) < 4.78 is 14.1. The Kier molecular flexibility index (Phi) is 2.58. The summed E-state index contributed by atoms with van der Waals surface area (Å²) >= 11 is 0. The molecule has 2 heteroatoms. The standard InChI is InChI=1S/C13H14FN/c1-9(2)11-4-3-5-12(13(11)14)10-6-7-15-8-10/h3-9,15H,1-2H3. The molecule has 1 heterocycles. The molecular weight excluding hydrogens is 189 g/mol. The highest BCUT2D eigenvalue weighted by atomic mass is 19.1. The fraction of sp³-hybridized carbons (Fsp3) is 0.231. The topological polar surface area (TPSA) is 15.8 Å². The van der Waals surface area contributed by atoms with E-state index in [1.54, 1.807) is 6.20 Å². The van der Waals surface area contributed by atoms with Gasteiger partial charge in [-0.2, -0.15) is 0 Å². The van der Waals surface area contributed by atoms with Crippen LogP contribution in [0.1, 0.15) is 25.3 Å². The number of rotatable bonds is 2. The molecule has 0 bridgehead atoms. The molecule has 0 radical (unpaired) electrons. The van der Waals surface area contributed by atoms with Crippen LogP contribution in [0.3, 0.4) is 0 Å². The van der Waals surface area contributed by atoms with Gasteiger partial charge in [0.05, 0.1) is 0 Å². The first-order chi connectivity index (χ1) is 7.20. The quantitative estimate of drug-likeness (QED) is 0.760. The van der Waals surface area contributed by atoms with Crippen molar-refractivity contribution in [3.63, 3.8) is 0 Å². The monoisotopic (exact) mass is 203 g/mol. The van der Waals surface area contributed by atoms with Crippen LogP contribution >= 0.6 is 0 Å². The van der Waals surface area contributed by atoms with Crippen molar-refractivity contribution in [2.24, 2.45) is 0 Å². The van der Waals surface area contributed by atoms with E-state index in [9.17, 15) is 4.39 Å². The first-order valence-corrected chi connectivity index (χ1v) is 5.11. The van der Waals surface area contributed by atoms with E-state index in [4.69, 9.17) is 0 Å². The summed E-state index contributed by atoms with van der Waals surface area (Å²) in [6.07, 6.45) is 3.61. The fourth-order valence-corrected chi connectivity index (χ4v) is 1.71. The molecule has 1 nitrogen and oxygen atoms in total. The minimum Gasteiger partial charge on any atom is -0.367 e. The lowest BCUT2D eigenvalue weighted by Gasteiger charge is -2.09. The minimum atomic E-state index is -0.105. The van der Waals surface area contributed by atoms with Gasteiger partial charge in [-0.15, -0.1) is 0 Å². The lowest BCUT2D eigenvalue weighted by molar-refractivity contribution is 0.602. The smallest absolute Gasteiger partial charge is 0.134 e. The molecule has 0 saturated carbocycles. The first kappa shape index (κ1) is 9.97. The third-order valence-electron chi connectivity index (χ3n) is 2.56. The van der Waals surface area contributed by atoms with Gasteiger partial charge < -0.3 is 4.98 Å². The van der Waals surface area contributed by atoms with Crippen molar-refractivity contribution in [3.8, 4) is 11.1 Å². The number of halogens is 1. The normalized spacial score (nSPS) is 10.9. The summed E-state index contributed by atoms with van der Waals surface area (Å²) in [5, 5.41) is 0. The number of benzene rings is 1. The van der Waals surface area contributed by atoms with E-state index in [1.807, 2.05) is 44.3 Å². The van der Waals surface area contributed by atoms with Crippen LogP contribution in [0.15, 0.2) is 36.7 Å². The maximum atomic E-state index is 14.1. The Hall–Kier alpha value is -1.57. The molecule has 0 aliphatic heterocycles. The Morgan fingerprint density at radius 2 is 2.00 bits per heavy atom. The summed E-state index contributed by atoms with van der Waals surface area (Å²) in [5.74, 6) is 0.107. The van der Waals surface area contributed by atoms with E-state index < -0.39 is 0 Å². The van der Waals surface area contributed by atoms with Gasteiger partial charge in [0.1, 0.15) is 5.82 Å². The number of hydrogen-bond acceptors (Lipinski definition) is 0. The molecule has 1 aromatic heterocycles. The molecule has 1 aromatic carbocycles. The number of nitrogens with one attached hydrogen (secondary N) is 1. The average molecular weight is 203 g/mol. The molecule has 0 amide bonds. The molecule has 2 rings (SSSR count). The molecule has 0 aliphatic carbocycles. The van der Waals surface area contributed by atoms with Gasteiger partial charge in [-0.05, 0) is 17.5 Å². The molecule has 78 valence electrons. The Morgan fingerprint density at radius 3 is 2.60 bits per heavy atom. The Balaban J connectivity index is 2.54. The third kappa shape index (κ3) is 1.80. The third-order valence-corrected chi connectivity index (χ3v) is 2.56. The second-order valence-corrected chi connectivity index (χ2v) is 3.96. The van der Waals surface area contributed by atoms with Gasteiger partial charge in [-0.25, -0.2) is 4.39 Å². The van der Waals surface area contributed by atoms with Crippen molar-refractivity contribution < 1.29 is 4.39 Å². The fourth-order valence-electron chi connectivity index (χ4n) is 1.71. The van der Waals surface area contributed by atoms with Gasteiger partial charge in [0.2, 0.25) is 0 Å². The highest BCUT2D eigenvalue weighted by Gasteiger charge is 2.11.